The van der Waals surface area contributed by atoms with Crippen LogP contribution in [-0.4, -0.2) is 74.7 Å². The normalized spacial score (nSPS) is 24.2. The van der Waals surface area contributed by atoms with E-state index in [4.69, 9.17) is 4.74 Å². The molecule has 134 valence electrons. The highest BCUT2D eigenvalue weighted by atomic mass is 19.1. The van der Waals surface area contributed by atoms with Gasteiger partial charge in [0.25, 0.3) is 0 Å². The van der Waals surface area contributed by atoms with Crippen LogP contribution in [0.1, 0.15) is 18.4 Å². The van der Waals surface area contributed by atoms with Gasteiger partial charge >= 0.3 is 0 Å². The maximum absolute atomic E-state index is 13.6. The fourth-order valence-electron chi connectivity index (χ4n) is 3.90. The molecule has 2 heterocycles. The number of hydrogen-bond donors (Lipinski definition) is 0. The maximum atomic E-state index is 13.6. The van der Waals surface area contributed by atoms with Crippen molar-refractivity contribution < 1.29 is 9.13 Å². The average Bonchev–Trinajstić information content (AvgIpc) is 2.59. The Labute approximate surface area is 145 Å². The number of piperazine rings is 1. The molecule has 0 aliphatic carbocycles. The van der Waals surface area contributed by atoms with Crippen molar-refractivity contribution in [2.24, 2.45) is 5.92 Å². The van der Waals surface area contributed by atoms with Crippen molar-refractivity contribution in [1.82, 2.24) is 14.7 Å². The lowest BCUT2D eigenvalue weighted by Crippen LogP contribution is -2.48. The van der Waals surface area contributed by atoms with Gasteiger partial charge in [-0.05, 0) is 50.0 Å². The summed E-state index contributed by atoms with van der Waals surface area (Å²) in [6.45, 7) is 9.15. The Morgan fingerprint density at radius 1 is 1.12 bits per heavy atom. The molecule has 1 aromatic carbocycles. The number of methoxy groups -OCH3 is 1. The summed E-state index contributed by atoms with van der Waals surface area (Å²) in [4.78, 5) is 7.54. The Bertz CT molecular complexity index is 531. The molecule has 0 radical (unpaired) electrons. The molecule has 1 aromatic rings. The lowest BCUT2D eigenvalue weighted by atomic mass is 9.96. The van der Waals surface area contributed by atoms with Crippen LogP contribution >= 0.6 is 0 Å². The molecule has 0 unspecified atom stereocenters. The summed E-state index contributed by atoms with van der Waals surface area (Å²) in [6.07, 6.45) is 2.59. The molecule has 4 nitrogen and oxygen atoms in total. The molecule has 0 N–H and O–H groups in total. The molecule has 2 aliphatic rings. The minimum absolute atomic E-state index is 0.284. The molecule has 0 aromatic heterocycles. The van der Waals surface area contributed by atoms with Gasteiger partial charge < -0.3 is 14.5 Å². The number of likely N-dealkylation sites (N-methyl/N-ethyl adjacent to an activating group) is 1. The fraction of sp³-hybridized carbons (Fsp3) is 0.684. The summed E-state index contributed by atoms with van der Waals surface area (Å²) in [5.41, 5.74) is 1.13. The SMILES string of the molecule is COc1cc(CN2CCC[C@H](CN3CCN(C)CC3)C2)ccc1F. The molecule has 2 fully saturated rings. The third-order valence-corrected chi connectivity index (χ3v) is 5.34. The number of nitrogens with zero attached hydrogens (tertiary/aromatic N) is 3. The lowest BCUT2D eigenvalue weighted by molar-refractivity contribution is 0.0966. The quantitative estimate of drug-likeness (QED) is 0.822. The van der Waals surface area contributed by atoms with E-state index in [1.165, 1.54) is 58.7 Å². The van der Waals surface area contributed by atoms with Crippen molar-refractivity contribution in [3.63, 3.8) is 0 Å². The van der Waals surface area contributed by atoms with Crippen LogP contribution in [0.15, 0.2) is 18.2 Å². The summed E-state index contributed by atoms with van der Waals surface area (Å²) < 4.78 is 18.7. The molecule has 1 atom stereocenters. The van der Waals surface area contributed by atoms with E-state index >= 15 is 0 Å². The topological polar surface area (TPSA) is 19.0 Å². The molecule has 2 saturated heterocycles. The molecular weight excluding hydrogens is 305 g/mol. The van der Waals surface area contributed by atoms with Gasteiger partial charge in [-0.2, -0.15) is 0 Å². The van der Waals surface area contributed by atoms with Crippen LogP contribution in [-0.2, 0) is 6.54 Å². The summed E-state index contributed by atoms with van der Waals surface area (Å²) in [7, 11) is 3.73. The maximum Gasteiger partial charge on any atom is 0.165 e. The first-order valence-corrected chi connectivity index (χ1v) is 9.09. The van der Waals surface area contributed by atoms with E-state index in [0.717, 1.165) is 31.1 Å². The fourth-order valence-corrected chi connectivity index (χ4v) is 3.90. The highest BCUT2D eigenvalue weighted by molar-refractivity contribution is 5.30. The second-order valence-corrected chi connectivity index (χ2v) is 7.32. The third-order valence-electron chi connectivity index (χ3n) is 5.34. The van der Waals surface area contributed by atoms with Crippen molar-refractivity contribution >= 4 is 0 Å². The van der Waals surface area contributed by atoms with Crippen LogP contribution < -0.4 is 4.74 Å². The number of halogens is 1. The van der Waals surface area contributed by atoms with E-state index in [0.29, 0.717) is 5.75 Å². The molecule has 2 aliphatic heterocycles. The minimum Gasteiger partial charge on any atom is -0.494 e. The Kier molecular flexibility index (Phi) is 6.09. The number of benzene rings is 1. The highest BCUT2D eigenvalue weighted by Gasteiger charge is 2.24. The van der Waals surface area contributed by atoms with Gasteiger partial charge in [-0.15, -0.1) is 0 Å². The van der Waals surface area contributed by atoms with E-state index in [2.05, 4.69) is 21.7 Å². The lowest BCUT2D eigenvalue weighted by Gasteiger charge is -2.38. The van der Waals surface area contributed by atoms with Gasteiger partial charge in [-0.3, -0.25) is 4.90 Å². The van der Waals surface area contributed by atoms with Crippen LogP contribution in [0.5, 0.6) is 5.75 Å². The number of piperidine rings is 1. The van der Waals surface area contributed by atoms with Crippen molar-refractivity contribution in [3.8, 4) is 5.75 Å². The largest absolute Gasteiger partial charge is 0.494 e. The number of likely N-dealkylation sites (tertiary alicyclic amines) is 1. The van der Waals surface area contributed by atoms with E-state index in [1.807, 2.05) is 12.1 Å². The van der Waals surface area contributed by atoms with Gasteiger partial charge in [-0.1, -0.05) is 6.07 Å². The van der Waals surface area contributed by atoms with Crippen LogP contribution in [0.25, 0.3) is 0 Å². The predicted molar refractivity (Wildman–Crippen MR) is 94.9 cm³/mol. The van der Waals surface area contributed by atoms with Crippen LogP contribution in [0.3, 0.4) is 0 Å². The Morgan fingerprint density at radius 2 is 1.92 bits per heavy atom. The summed E-state index contributed by atoms with van der Waals surface area (Å²) in [6, 6.07) is 5.22. The van der Waals surface area contributed by atoms with E-state index in [9.17, 15) is 4.39 Å². The van der Waals surface area contributed by atoms with Crippen molar-refractivity contribution in [1.29, 1.82) is 0 Å². The van der Waals surface area contributed by atoms with Gasteiger partial charge in [0.1, 0.15) is 0 Å². The van der Waals surface area contributed by atoms with Gasteiger partial charge in [0.05, 0.1) is 7.11 Å². The van der Waals surface area contributed by atoms with Crippen molar-refractivity contribution in [2.75, 3.05) is 60.0 Å². The molecule has 0 spiro atoms. The monoisotopic (exact) mass is 335 g/mol. The summed E-state index contributed by atoms with van der Waals surface area (Å²) in [5.74, 6) is 0.816. The first kappa shape index (κ1) is 17.6. The molecule has 0 saturated carbocycles. The standard InChI is InChI=1S/C19H30FN3O/c1-21-8-10-22(11-9-21)14-17-4-3-7-23(15-17)13-16-5-6-18(20)19(12-16)24-2/h5-6,12,17H,3-4,7-11,13-15H2,1-2H3/t17-/m1/s1. The second-order valence-electron chi connectivity index (χ2n) is 7.32. The first-order valence-electron chi connectivity index (χ1n) is 9.09. The van der Waals surface area contributed by atoms with Crippen LogP contribution in [0.4, 0.5) is 4.39 Å². The predicted octanol–water partition coefficient (Wildman–Crippen LogP) is 2.29. The minimum atomic E-state index is -0.284. The van der Waals surface area contributed by atoms with Crippen molar-refractivity contribution in [3.05, 3.63) is 29.6 Å². The van der Waals surface area contributed by atoms with Crippen LogP contribution in [0, 0.1) is 11.7 Å². The highest BCUT2D eigenvalue weighted by Crippen LogP contribution is 2.23. The third kappa shape index (κ3) is 4.68. The molecule has 0 amide bonds. The molecule has 3 rings (SSSR count). The van der Waals surface area contributed by atoms with Gasteiger partial charge in [0, 0.05) is 45.8 Å². The molecule has 5 heteroatoms. The molecular formula is C19H30FN3O. The number of hydrogen-bond acceptors (Lipinski definition) is 4. The smallest absolute Gasteiger partial charge is 0.165 e. The van der Waals surface area contributed by atoms with E-state index in [-0.39, 0.29) is 5.82 Å². The molecule has 24 heavy (non-hydrogen) atoms. The van der Waals surface area contributed by atoms with Gasteiger partial charge in [-0.25, -0.2) is 4.39 Å². The van der Waals surface area contributed by atoms with Gasteiger partial charge in [0.2, 0.25) is 0 Å². The Balaban J connectivity index is 1.52. The zero-order valence-electron chi connectivity index (χ0n) is 15.0. The number of ether oxygens (including phenoxy) is 1. The average molecular weight is 335 g/mol. The zero-order chi connectivity index (χ0) is 16.9. The Morgan fingerprint density at radius 3 is 2.67 bits per heavy atom. The zero-order valence-corrected chi connectivity index (χ0v) is 15.0. The van der Waals surface area contributed by atoms with Gasteiger partial charge in [0.15, 0.2) is 11.6 Å². The number of rotatable bonds is 5. The van der Waals surface area contributed by atoms with E-state index in [1.54, 1.807) is 0 Å². The summed E-state index contributed by atoms with van der Waals surface area (Å²) >= 11 is 0. The van der Waals surface area contributed by atoms with Crippen LogP contribution in [0.2, 0.25) is 0 Å². The molecule has 0 bridgehead atoms. The summed E-state index contributed by atoms with van der Waals surface area (Å²) in [5, 5.41) is 0. The van der Waals surface area contributed by atoms with E-state index < -0.39 is 0 Å². The van der Waals surface area contributed by atoms with Crippen molar-refractivity contribution in [2.45, 2.75) is 19.4 Å². The Hall–Kier alpha value is -1.17. The first-order chi connectivity index (χ1) is 11.6. The second kappa shape index (κ2) is 8.28.